The zero-order valence-electron chi connectivity index (χ0n) is 10.6. The van der Waals surface area contributed by atoms with Gasteiger partial charge in [0.1, 0.15) is 6.54 Å². The Balaban J connectivity index is 2.57. The molecule has 2 aromatic rings. The second-order valence-corrected chi connectivity index (χ2v) is 4.86. The largest absolute Gasteiger partial charge is 0.478 e. The summed E-state index contributed by atoms with van der Waals surface area (Å²) < 4.78 is 1.60. The van der Waals surface area contributed by atoms with Crippen molar-refractivity contribution < 1.29 is 14.7 Å². The van der Waals surface area contributed by atoms with E-state index < -0.39 is 5.97 Å². The molecule has 0 saturated carbocycles. The van der Waals surface area contributed by atoms with E-state index in [0.29, 0.717) is 15.9 Å². The van der Waals surface area contributed by atoms with Crippen molar-refractivity contribution in [3.8, 4) is 0 Å². The van der Waals surface area contributed by atoms with Gasteiger partial charge in [0.15, 0.2) is 0 Å². The van der Waals surface area contributed by atoms with Gasteiger partial charge in [0.05, 0.1) is 11.1 Å². The van der Waals surface area contributed by atoms with Gasteiger partial charge in [-0.2, -0.15) is 0 Å². The van der Waals surface area contributed by atoms with Gasteiger partial charge in [-0.25, -0.2) is 4.79 Å². The lowest BCUT2D eigenvalue weighted by Crippen LogP contribution is -2.25. The lowest BCUT2D eigenvalue weighted by molar-refractivity contribution is -0.129. The van der Waals surface area contributed by atoms with E-state index in [0.717, 1.165) is 0 Å². The molecule has 0 aliphatic rings. The molecule has 5 nitrogen and oxygen atoms in total. The third-order valence-electron chi connectivity index (χ3n) is 2.88. The van der Waals surface area contributed by atoms with Gasteiger partial charge in [-0.15, -0.1) is 0 Å². The fourth-order valence-corrected chi connectivity index (χ4v) is 2.02. The highest BCUT2D eigenvalue weighted by molar-refractivity contribution is 6.31. The van der Waals surface area contributed by atoms with Gasteiger partial charge in [0.2, 0.25) is 5.91 Å². The number of carboxylic acids is 1. The highest BCUT2D eigenvalue weighted by Gasteiger charge is 2.16. The number of hydrogen-bond acceptors (Lipinski definition) is 2. The highest BCUT2D eigenvalue weighted by Crippen LogP contribution is 2.25. The maximum atomic E-state index is 11.7. The van der Waals surface area contributed by atoms with Crippen LogP contribution in [-0.2, 0) is 11.3 Å². The summed E-state index contributed by atoms with van der Waals surface area (Å²) in [5.74, 6) is -1.14. The topological polar surface area (TPSA) is 62.5 Å². The van der Waals surface area contributed by atoms with Crippen molar-refractivity contribution in [2.45, 2.75) is 6.54 Å². The molecule has 1 amide bonds. The zero-order valence-corrected chi connectivity index (χ0v) is 11.3. The van der Waals surface area contributed by atoms with Crippen LogP contribution in [0.5, 0.6) is 0 Å². The Bertz CT molecular complexity index is 661. The lowest BCUT2D eigenvalue weighted by Gasteiger charge is -2.11. The molecule has 19 heavy (non-hydrogen) atoms. The van der Waals surface area contributed by atoms with Crippen LogP contribution in [0.4, 0.5) is 0 Å². The second-order valence-electron chi connectivity index (χ2n) is 4.43. The van der Waals surface area contributed by atoms with E-state index >= 15 is 0 Å². The first kappa shape index (κ1) is 13.4. The molecule has 0 unspecified atom stereocenters. The Morgan fingerprint density at radius 2 is 2.05 bits per heavy atom. The number of carboxylic acid groups (broad SMARTS) is 1. The summed E-state index contributed by atoms with van der Waals surface area (Å²) in [5.41, 5.74) is 0.804. The Morgan fingerprint density at radius 3 is 2.63 bits per heavy atom. The number of likely N-dealkylation sites (N-methyl/N-ethyl adjacent to an activating group) is 1. The van der Waals surface area contributed by atoms with E-state index in [1.54, 1.807) is 36.9 Å². The number of fused-ring (bicyclic) bond motifs is 1. The number of benzene rings is 1. The van der Waals surface area contributed by atoms with E-state index in [1.807, 2.05) is 0 Å². The smallest absolute Gasteiger partial charge is 0.337 e. The van der Waals surface area contributed by atoms with Gasteiger partial charge in [0, 0.05) is 30.7 Å². The summed E-state index contributed by atoms with van der Waals surface area (Å²) in [4.78, 5) is 24.4. The number of aromatic carboxylic acids is 1. The SMILES string of the molecule is CN(C)C(=O)Cn1cc(C(=O)O)c2ccc(Cl)cc21. The van der Waals surface area contributed by atoms with Crippen LogP contribution in [0, 0.1) is 0 Å². The molecule has 1 aromatic carbocycles. The van der Waals surface area contributed by atoms with Gasteiger partial charge in [0.25, 0.3) is 0 Å². The quantitative estimate of drug-likeness (QED) is 0.936. The minimum absolute atomic E-state index is 0.0805. The summed E-state index contributed by atoms with van der Waals surface area (Å²) >= 11 is 5.92. The fourth-order valence-electron chi connectivity index (χ4n) is 1.85. The average molecular weight is 281 g/mol. The third-order valence-corrected chi connectivity index (χ3v) is 3.11. The summed E-state index contributed by atoms with van der Waals surface area (Å²) in [6.45, 7) is 0.0805. The van der Waals surface area contributed by atoms with Crippen molar-refractivity contribution >= 4 is 34.4 Å². The molecule has 0 fully saturated rings. The predicted molar refractivity (Wildman–Crippen MR) is 72.6 cm³/mol. The molecule has 1 heterocycles. The van der Waals surface area contributed by atoms with Crippen LogP contribution in [-0.4, -0.2) is 40.5 Å². The molecule has 0 atom stereocenters. The first-order chi connectivity index (χ1) is 8.90. The second kappa shape index (κ2) is 4.93. The molecule has 0 aliphatic heterocycles. The number of carbonyl (C=O) groups excluding carboxylic acids is 1. The van der Waals surface area contributed by atoms with E-state index in [-0.39, 0.29) is 18.0 Å². The van der Waals surface area contributed by atoms with E-state index in [9.17, 15) is 9.59 Å². The van der Waals surface area contributed by atoms with Crippen molar-refractivity contribution in [1.29, 1.82) is 0 Å². The number of amides is 1. The van der Waals surface area contributed by atoms with Gasteiger partial charge >= 0.3 is 5.97 Å². The van der Waals surface area contributed by atoms with Crippen LogP contribution < -0.4 is 0 Å². The minimum atomic E-state index is -1.02. The molecule has 0 aliphatic carbocycles. The Kier molecular flexibility index (Phi) is 3.48. The number of aromatic nitrogens is 1. The molecule has 0 radical (unpaired) electrons. The van der Waals surface area contributed by atoms with Crippen LogP contribution in [0.25, 0.3) is 10.9 Å². The number of hydrogen-bond donors (Lipinski definition) is 1. The van der Waals surface area contributed by atoms with Crippen molar-refractivity contribution in [2.24, 2.45) is 0 Å². The molecule has 0 spiro atoms. The monoisotopic (exact) mass is 280 g/mol. The summed E-state index contributed by atoms with van der Waals surface area (Å²) in [6, 6.07) is 4.94. The number of halogens is 1. The van der Waals surface area contributed by atoms with Crippen molar-refractivity contribution in [3.63, 3.8) is 0 Å². The average Bonchev–Trinajstić information content (AvgIpc) is 2.67. The molecule has 2 rings (SSSR count). The highest BCUT2D eigenvalue weighted by atomic mass is 35.5. The van der Waals surface area contributed by atoms with E-state index in [4.69, 9.17) is 16.7 Å². The lowest BCUT2D eigenvalue weighted by atomic mass is 10.2. The maximum absolute atomic E-state index is 11.7. The van der Waals surface area contributed by atoms with Crippen LogP contribution in [0.15, 0.2) is 24.4 Å². The van der Waals surface area contributed by atoms with Crippen molar-refractivity contribution in [2.75, 3.05) is 14.1 Å². The van der Waals surface area contributed by atoms with Crippen molar-refractivity contribution in [1.82, 2.24) is 9.47 Å². The first-order valence-corrected chi connectivity index (χ1v) is 6.00. The van der Waals surface area contributed by atoms with Crippen LogP contribution in [0.3, 0.4) is 0 Å². The van der Waals surface area contributed by atoms with Gasteiger partial charge < -0.3 is 14.6 Å². The molecule has 1 aromatic heterocycles. The minimum Gasteiger partial charge on any atom is -0.478 e. The summed E-state index contributed by atoms with van der Waals surface area (Å²) in [6.07, 6.45) is 1.46. The number of carbonyl (C=O) groups is 2. The van der Waals surface area contributed by atoms with Crippen LogP contribution >= 0.6 is 11.6 Å². The van der Waals surface area contributed by atoms with Gasteiger partial charge in [-0.1, -0.05) is 17.7 Å². The number of nitrogens with zero attached hydrogens (tertiary/aromatic N) is 2. The molecular formula is C13H13ClN2O3. The molecular weight excluding hydrogens is 268 g/mol. The Morgan fingerprint density at radius 1 is 1.37 bits per heavy atom. The van der Waals surface area contributed by atoms with Gasteiger partial charge in [-0.3, -0.25) is 4.79 Å². The standard InChI is InChI=1S/C13H13ClN2O3/c1-15(2)12(17)7-16-6-10(13(18)19)9-4-3-8(14)5-11(9)16/h3-6H,7H2,1-2H3,(H,18,19). The van der Waals surface area contributed by atoms with Gasteiger partial charge in [-0.05, 0) is 12.1 Å². The summed E-state index contributed by atoms with van der Waals surface area (Å²) in [5, 5.41) is 10.2. The maximum Gasteiger partial charge on any atom is 0.337 e. The normalized spacial score (nSPS) is 10.7. The molecule has 0 saturated heterocycles. The fraction of sp³-hybridized carbons (Fsp3) is 0.231. The van der Waals surface area contributed by atoms with Crippen molar-refractivity contribution in [3.05, 3.63) is 35.0 Å². The van der Waals surface area contributed by atoms with Crippen LogP contribution in [0.2, 0.25) is 5.02 Å². The molecule has 0 bridgehead atoms. The Labute approximate surface area is 115 Å². The summed E-state index contributed by atoms with van der Waals surface area (Å²) in [7, 11) is 3.30. The Hall–Kier alpha value is -2.01. The molecule has 6 heteroatoms. The molecule has 100 valence electrons. The van der Waals surface area contributed by atoms with Crippen LogP contribution in [0.1, 0.15) is 10.4 Å². The van der Waals surface area contributed by atoms with E-state index in [2.05, 4.69) is 0 Å². The predicted octanol–water partition coefficient (Wildman–Crippen LogP) is 2.08. The zero-order chi connectivity index (χ0) is 14.2. The van der Waals surface area contributed by atoms with E-state index in [1.165, 1.54) is 11.1 Å². The third kappa shape index (κ3) is 2.56. The first-order valence-electron chi connectivity index (χ1n) is 5.62. The molecule has 1 N–H and O–H groups in total. The number of rotatable bonds is 3.